The zero-order valence-corrected chi connectivity index (χ0v) is 75.5. The summed E-state index contributed by atoms with van der Waals surface area (Å²) in [5, 5.41) is 0. The minimum absolute atomic E-state index is 0. The third-order valence-corrected chi connectivity index (χ3v) is 0. The third-order valence-electron chi connectivity index (χ3n) is 0. The number of hydrogen-bond donors (Lipinski definition) is 0. The molecule has 0 aromatic rings. The number of rotatable bonds is 0. The fourth-order valence-electron chi connectivity index (χ4n) is 0. The summed E-state index contributed by atoms with van der Waals surface area (Å²) in [6.07, 6.45) is 0. The van der Waals surface area contributed by atoms with Crippen LogP contribution in [-0.4, -0.2) is 0 Å². The van der Waals surface area contributed by atoms with E-state index >= 15 is 0 Å². The van der Waals surface area contributed by atoms with Crippen LogP contribution in [0.3, 0.4) is 0 Å². The monoisotopic (exact) mass is 3130 g/mol. The van der Waals surface area contributed by atoms with E-state index in [1.165, 1.54) is 0 Å². The van der Waals surface area contributed by atoms with Gasteiger partial charge < -0.3 is 216 Å². The van der Waals surface area contributed by atoms with Crippen molar-refractivity contribution >= 4 is 7.82 Å². The third kappa shape index (κ3) is 1860. The standard InChI is InChI=1S/H3O4P.36O.3Rb.12W/c1-5(2,3)4;;;;;;;;;;;;;;;;;;;;;;;;;;;;;;;;;;;;;;;;;;;;;;;;;;;/h(H3,1,2,3,4);;;;;;;;;;;;;;;;;;;;;;;;;;;;;;;;;;;;;;;;;;;;;;;;;;;/q;36*-2;3*+1;;;;;;;;;;;;/p-3. The van der Waals surface area contributed by atoms with Gasteiger partial charge in [-0.2, -0.15) is 7.82 Å². The number of hydrogen-bond acceptors (Lipinski definition) is 4. The molecule has 0 saturated heterocycles. The summed E-state index contributed by atoms with van der Waals surface area (Å²) in [6.45, 7) is 0. The van der Waals surface area contributed by atoms with Crippen LogP contribution >= 0.6 is 7.82 Å². The Balaban J connectivity index is -0.0000000000627. The van der Waals surface area contributed by atoms with Crippen LogP contribution < -0.4 is 189 Å². The summed E-state index contributed by atoms with van der Waals surface area (Å²) in [7, 11) is -5.39. The molecular weight excluding hydrogens is 3130 g/mol. The molecule has 0 aromatic carbocycles. The Bertz CT molecular complexity index is 111. The first-order valence-electron chi connectivity index (χ1n) is 0.730. The van der Waals surface area contributed by atoms with Crippen LogP contribution in [0, 0.1) is 0 Å². The number of phosphoric acid groups is 1. The average Bonchev–Trinajstić information content (AvgIpc) is 0.722. The van der Waals surface area contributed by atoms with Gasteiger partial charge in [-0.1, -0.05) is 0 Å². The van der Waals surface area contributed by atoms with Gasteiger partial charge in [0, 0.05) is 253 Å². The molecule has 0 aliphatic rings. The van der Waals surface area contributed by atoms with Crippen molar-refractivity contribution in [3.63, 3.8) is 0 Å². The minimum atomic E-state index is -5.39. The van der Waals surface area contributed by atoms with Gasteiger partial charge in [-0.3, -0.25) is 0 Å². The minimum Gasteiger partial charge on any atom is -2.00 e. The molecule has 0 bridgehead atoms. The molecule has 0 unspecified atom stereocenters. The zero-order valence-electron chi connectivity index (χ0n) is 24.7. The maximum Gasteiger partial charge on any atom is 1.00 e. The van der Waals surface area contributed by atoms with Gasteiger partial charge in [0.05, 0.1) is 0 Å². The molecular formula is O40PRb3W12-72. The van der Waals surface area contributed by atoms with Crippen LogP contribution in [0.5, 0.6) is 0 Å². The smallest absolute Gasteiger partial charge is 1.00 e. The molecule has 0 spiro atoms. The van der Waals surface area contributed by atoms with Crippen molar-refractivity contribution in [2.45, 2.75) is 0 Å². The molecule has 0 rings (SSSR count). The zero-order chi connectivity index (χ0) is 4.50. The predicted octanol–water partition coefficient (Wildman–Crippen LogP) is -16.1. The first-order valence-corrected chi connectivity index (χ1v) is 2.19. The van der Waals surface area contributed by atoms with E-state index in [9.17, 15) is 0 Å². The maximum absolute atomic E-state index is 8.55. The van der Waals surface area contributed by atoms with Crippen LogP contribution in [0.25, 0.3) is 0 Å². The SMILES string of the molecule is O=P([O-])([O-])[O-].[O-2].[O-2].[O-2].[O-2].[O-2].[O-2].[O-2].[O-2].[O-2].[O-2].[O-2].[O-2].[O-2].[O-2].[O-2].[O-2].[O-2].[O-2].[O-2].[O-2].[O-2].[O-2].[O-2].[O-2].[O-2].[O-2].[O-2].[O-2].[O-2].[O-2].[O-2].[O-2].[O-2].[O-2].[O-2].[O-2].[Rb+].[Rb+].[Rb+].[W].[W].[W].[W].[W].[W].[W].[W].[W].[W].[W].[W]. The van der Waals surface area contributed by atoms with Crippen molar-refractivity contribution in [2.24, 2.45) is 0 Å². The first-order chi connectivity index (χ1) is 2.00. The van der Waals surface area contributed by atoms with E-state index < -0.39 is 7.82 Å². The van der Waals surface area contributed by atoms with Crippen LogP contribution in [0.4, 0.5) is 0 Å². The molecule has 0 saturated carbocycles. The van der Waals surface area contributed by atoms with Crippen molar-refractivity contribution < 1.29 is 644 Å². The van der Waals surface area contributed by atoms with Crippen LogP contribution in [-0.2, 0) is 454 Å². The predicted molar refractivity (Wildman–Crippen MR) is 32.3 cm³/mol. The van der Waals surface area contributed by atoms with Crippen molar-refractivity contribution in [1.82, 2.24) is 0 Å². The Morgan fingerprint density at radius 1 is 0.161 bits per heavy atom. The summed E-state index contributed by atoms with van der Waals surface area (Å²) < 4.78 is 8.55. The van der Waals surface area contributed by atoms with Gasteiger partial charge in [0.25, 0.3) is 0 Å². The Morgan fingerprint density at radius 2 is 0.161 bits per heavy atom. The van der Waals surface area contributed by atoms with E-state index in [2.05, 4.69) is 0 Å². The first kappa shape index (κ1) is 1160. The Hall–Kier alpha value is 12.3. The molecule has 392 valence electrons. The second-order valence-corrected chi connectivity index (χ2v) is 1.34. The Kier molecular flexibility index (Phi) is 18200. The summed E-state index contributed by atoms with van der Waals surface area (Å²) >= 11 is 0. The molecule has 40 nitrogen and oxygen atoms in total. The van der Waals surface area contributed by atoms with Crippen molar-refractivity contribution in [1.29, 1.82) is 0 Å². The van der Waals surface area contributed by atoms with Gasteiger partial charge in [-0.15, -0.1) is 0 Å². The van der Waals surface area contributed by atoms with Gasteiger partial charge in [-0.25, -0.2) is 0 Å². The van der Waals surface area contributed by atoms with E-state index in [-0.39, 0.29) is 624 Å². The van der Waals surface area contributed by atoms with Gasteiger partial charge >= 0.3 is 175 Å². The van der Waals surface area contributed by atoms with E-state index in [0.29, 0.717) is 0 Å². The van der Waals surface area contributed by atoms with E-state index in [4.69, 9.17) is 19.2 Å². The van der Waals surface area contributed by atoms with Gasteiger partial charge in [-0.05, 0) is 0 Å². The maximum atomic E-state index is 8.55. The molecule has 0 aromatic heterocycles. The molecule has 0 aliphatic carbocycles. The molecule has 0 N–H and O–H groups in total. The normalized spacial score (nSPS) is 1.05. The molecule has 0 fully saturated rings. The van der Waals surface area contributed by atoms with Gasteiger partial charge in [0.2, 0.25) is 0 Å². The van der Waals surface area contributed by atoms with Crippen molar-refractivity contribution in [3.05, 3.63) is 0 Å². The quantitative estimate of drug-likeness (QED) is 0.213. The van der Waals surface area contributed by atoms with E-state index in [0.717, 1.165) is 0 Å². The fraction of sp³-hybridized carbons (Fsp3) is 0. The molecule has 0 atom stereocenters. The second-order valence-electron chi connectivity index (χ2n) is 0.447. The van der Waals surface area contributed by atoms with Gasteiger partial charge in [0.15, 0.2) is 0 Å². The topological polar surface area (TPSA) is 1110 Å². The molecule has 0 heterocycles. The molecule has 0 amide bonds. The van der Waals surface area contributed by atoms with Crippen molar-refractivity contribution in [3.8, 4) is 0 Å². The molecule has 56 heavy (non-hydrogen) atoms. The van der Waals surface area contributed by atoms with E-state index in [1.54, 1.807) is 0 Å². The molecule has 56 heteroatoms. The largest absolute Gasteiger partial charge is 2.00 e. The summed E-state index contributed by atoms with van der Waals surface area (Å²) in [5.41, 5.74) is 0. The Morgan fingerprint density at radius 3 is 0.161 bits per heavy atom. The van der Waals surface area contributed by atoms with Crippen LogP contribution in [0.2, 0.25) is 0 Å². The Labute approximate surface area is 636 Å². The van der Waals surface area contributed by atoms with Gasteiger partial charge in [0.1, 0.15) is 0 Å². The summed E-state index contributed by atoms with van der Waals surface area (Å²) in [4.78, 5) is 25.6. The van der Waals surface area contributed by atoms with Crippen LogP contribution in [0.1, 0.15) is 0 Å². The van der Waals surface area contributed by atoms with Crippen molar-refractivity contribution in [2.75, 3.05) is 0 Å². The fourth-order valence-corrected chi connectivity index (χ4v) is 0. The van der Waals surface area contributed by atoms with Crippen LogP contribution in [0.15, 0.2) is 0 Å². The molecule has 0 radical (unpaired) electrons. The van der Waals surface area contributed by atoms with E-state index in [1.807, 2.05) is 0 Å². The summed E-state index contributed by atoms with van der Waals surface area (Å²) in [5.74, 6) is 0. The average molecular weight is 3130 g/mol. The second kappa shape index (κ2) is 881. The molecule has 0 aliphatic heterocycles. The summed E-state index contributed by atoms with van der Waals surface area (Å²) in [6, 6.07) is 0.